The summed E-state index contributed by atoms with van der Waals surface area (Å²) in [7, 11) is 0. The fourth-order valence-corrected chi connectivity index (χ4v) is 4.89. The molecule has 4 aromatic rings. The van der Waals surface area contributed by atoms with Crippen LogP contribution in [-0.2, 0) is 6.54 Å². The Labute approximate surface area is 180 Å². The van der Waals surface area contributed by atoms with Gasteiger partial charge in [0.25, 0.3) is 0 Å². The first-order valence-electron chi connectivity index (χ1n) is 10.4. The van der Waals surface area contributed by atoms with Crippen LogP contribution in [0.3, 0.4) is 0 Å². The van der Waals surface area contributed by atoms with Crippen molar-refractivity contribution in [2.75, 3.05) is 19.6 Å². The number of fused-ring (bicyclic) bond motifs is 1. The van der Waals surface area contributed by atoms with E-state index in [2.05, 4.69) is 55.7 Å². The highest BCUT2D eigenvalue weighted by Crippen LogP contribution is 2.32. The second kappa shape index (κ2) is 8.39. The maximum atomic E-state index is 9.11. The summed E-state index contributed by atoms with van der Waals surface area (Å²) >= 11 is 1.70. The van der Waals surface area contributed by atoms with Gasteiger partial charge in [-0.05, 0) is 66.5 Å². The number of nitriles is 1. The lowest BCUT2D eigenvalue weighted by molar-refractivity contribution is 0.200. The normalized spacial score (nSPS) is 15.4. The highest BCUT2D eigenvalue weighted by Gasteiger charge is 2.19. The molecule has 0 atom stereocenters. The number of piperidine rings is 1. The molecule has 5 nitrogen and oxygen atoms in total. The topological polar surface area (TPSA) is 57.7 Å². The third-order valence-corrected chi connectivity index (χ3v) is 6.65. The zero-order chi connectivity index (χ0) is 20.3. The number of aromatic nitrogens is 3. The van der Waals surface area contributed by atoms with Crippen LogP contribution in [0.15, 0.2) is 59.8 Å². The summed E-state index contributed by atoms with van der Waals surface area (Å²) in [5, 5.41) is 13.4. The van der Waals surface area contributed by atoms with Crippen LogP contribution in [0.4, 0.5) is 0 Å². The van der Waals surface area contributed by atoms with Crippen LogP contribution in [0, 0.1) is 17.2 Å². The molecule has 0 radical (unpaired) electrons. The molecule has 5 heterocycles. The lowest BCUT2D eigenvalue weighted by Gasteiger charge is -2.29. The minimum Gasteiger partial charge on any atom is -0.344 e. The Kier molecular flexibility index (Phi) is 5.31. The van der Waals surface area contributed by atoms with Crippen LogP contribution in [-0.4, -0.2) is 39.1 Å². The minimum absolute atomic E-state index is 0.229. The molecule has 150 valence electrons. The van der Waals surface area contributed by atoms with Crippen molar-refractivity contribution in [2.45, 2.75) is 19.4 Å². The molecular weight excluding hydrogens is 390 g/mol. The Balaban J connectivity index is 1.42. The summed E-state index contributed by atoms with van der Waals surface area (Å²) in [4.78, 5) is 11.7. The van der Waals surface area contributed by atoms with Gasteiger partial charge in [0.05, 0.1) is 17.1 Å². The van der Waals surface area contributed by atoms with Gasteiger partial charge in [-0.25, -0.2) is 0 Å². The van der Waals surface area contributed by atoms with Crippen molar-refractivity contribution in [1.29, 1.82) is 5.26 Å². The van der Waals surface area contributed by atoms with E-state index in [0.29, 0.717) is 0 Å². The number of pyridine rings is 2. The molecule has 6 heteroatoms. The Morgan fingerprint density at radius 3 is 2.77 bits per heavy atom. The van der Waals surface area contributed by atoms with E-state index in [9.17, 15) is 0 Å². The summed E-state index contributed by atoms with van der Waals surface area (Å²) in [6.45, 7) is 3.92. The zero-order valence-electron chi connectivity index (χ0n) is 16.7. The lowest BCUT2D eigenvalue weighted by atomic mass is 9.99. The SMILES string of the molecule is N#CC1CCN(CCn2cc(-c3cncc(-c4ccsc4)c3)c3ncccc32)CC1. The van der Waals surface area contributed by atoms with Gasteiger partial charge in [0.2, 0.25) is 0 Å². The van der Waals surface area contributed by atoms with E-state index in [4.69, 9.17) is 10.2 Å². The van der Waals surface area contributed by atoms with Gasteiger partial charge >= 0.3 is 0 Å². The van der Waals surface area contributed by atoms with E-state index >= 15 is 0 Å². The summed E-state index contributed by atoms with van der Waals surface area (Å²) in [5.41, 5.74) is 6.72. The van der Waals surface area contributed by atoms with Crippen molar-refractivity contribution in [1.82, 2.24) is 19.4 Å². The number of thiophene rings is 1. The van der Waals surface area contributed by atoms with Crippen molar-refractivity contribution in [3.8, 4) is 28.3 Å². The average molecular weight is 414 g/mol. The number of rotatable bonds is 5. The van der Waals surface area contributed by atoms with Gasteiger partial charge in [0.15, 0.2) is 0 Å². The van der Waals surface area contributed by atoms with Crippen molar-refractivity contribution >= 4 is 22.4 Å². The van der Waals surface area contributed by atoms with Crippen LogP contribution in [0.1, 0.15) is 12.8 Å². The molecule has 5 rings (SSSR count). The monoisotopic (exact) mass is 413 g/mol. The maximum Gasteiger partial charge on any atom is 0.0959 e. The molecule has 0 aliphatic carbocycles. The molecule has 0 N–H and O–H groups in total. The first-order valence-corrected chi connectivity index (χ1v) is 11.3. The predicted molar refractivity (Wildman–Crippen MR) is 121 cm³/mol. The van der Waals surface area contributed by atoms with Gasteiger partial charge in [-0.3, -0.25) is 9.97 Å². The Morgan fingerprint density at radius 2 is 1.97 bits per heavy atom. The van der Waals surface area contributed by atoms with Gasteiger partial charge in [-0.1, -0.05) is 0 Å². The lowest BCUT2D eigenvalue weighted by Crippen LogP contribution is -2.35. The standard InChI is InChI=1S/C24H23N5S/c25-13-18-3-7-28(8-4-18)9-10-29-16-22(24-23(29)2-1-6-27-24)21-12-20(14-26-15-21)19-5-11-30-17-19/h1-2,5-6,11-12,14-18H,3-4,7-10H2. The molecule has 4 aromatic heterocycles. The van der Waals surface area contributed by atoms with Gasteiger partial charge in [-0.2, -0.15) is 16.6 Å². The van der Waals surface area contributed by atoms with Gasteiger partial charge in [0.1, 0.15) is 0 Å². The van der Waals surface area contributed by atoms with Crippen LogP contribution in [0.25, 0.3) is 33.3 Å². The average Bonchev–Trinajstić information content (AvgIpc) is 3.47. The van der Waals surface area contributed by atoms with E-state index in [1.165, 1.54) is 5.56 Å². The number of hydrogen-bond acceptors (Lipinski definition) is 5. The van der Waals surface area contributed by atoms with Crippen LogP contribution < -0.4 is 0 Å². The fraction of sp³-hybridized carbons (Fsp3) is 0.292. The minimum atomic E-state index is 0.229. The second-order valence-electron chi connectivity index (χ2n) is 7.83. The van der Waals surface area contributed by atoms with E-state index in [0.717, 1.165) is 66.7 Å². The van der Waals surface area contributed by atoms with E-state index in [1.54, 1.807) is 11.3 Å². The largest absolute Gasteiger partial charge is 0.344 e. The van der Waals surface area contributed by atoms with Gasteiger partial charge in [-0.15, -0.1) is 0 Å². The van der Waals surface area contributed by atoms with E-state index in [1.807, 2.05) is 24.7 Å². The fourth-order valence-electron chi connectivity index (χ4n) is 4.23. The molecule has 0 unspecified atom stereocenters. The molecule has 0 saturated carbocycles. The number of likely N-dealkylation sites (tertiary alicyclic amines) is 1. The highest BCUT2D eigenvalue weighted by molar-refractivity contribution is 7.08. The summed E-state index contributed by atoms with van der Waals surface area (Å²) in [6, 6.07) is 10.9. The summed E-state index contributed by atoms with van der Waals surface area (Å²) in [6.07, 6.45) is 9.89. The molecule has 1 fully saturated rings. The quantitative estimate of drug-likeness (QED) is 0.459. The van der Waals surface area contributed by atoms with Crippen LogP contribution in [0.2, 0.25) is 0 Å². The zero-order valence-corrected chi connectivity index (χ0v) is 17.6. The molecule has 0 aromatic carbocycles. The predicted octanol–water partition coefficient (Wildman–Crippen LogP) is 5.06. The van der Waals surface area contributed by atoms with Crippen molar-refractivity contribution in [2.24, 2.45) is 5.92 Å². The third-order valence-electron chi connectivity index (χ3n) is 5.97. The molecule has 0 bridgehead atoms. The number of nitrogens with zero attached hydrogens (tertiary/aromatic N) is 5. The number of hydrogen-bond donors (Lipinski definition) is 0. The molecule has 30 heavy (non-hydrogen) atoms. The van der Waals surface area contributed by atoms with E-state index in [-0.39, 0.29) is 5.92 Å². The Bertz CT molecular complexity index is 1180. The van der Waals surface area contributed by atoms with Gasteiger partial charge in [0, 0.05) is 60.5 Å². The van der Waals surface area contributed by atoms with Crippen molar-refractivity contribution in [3.05, 3.63) is 59.8 Å². The van der Waals surface area contributed by atoms with Crippen LogP contribution >= 0.6 is 11.3 Å². The smallest absolute Gasteiger partial charge is 0.0959 e. The molecule has 0 spiro atoms. The Hall–Kier alpha value is -3.01. The summed E-state index contributed by atoms with van der Waals surface area (Å²) < 4.78 is 2.31. The van der Waals surface area contributed by atoms with Crippen molar-refractivity contribution in [3.63, 3.8) is 0 Å². The molecule has 1 aliphatic heterocycles. The second-order valence-corrected chi connectivity index (χ2v) is 8.61. The molecular formula is C24H23N5S. The third kappa shape index (κ3) is 3.74. The maximum absolute atomic E-state index is 9.11. The molecule has 1 saturated heterocycles. The highest BCUT2D eigenvalue weighted by atomic mass is 32.1. The van der Waals surface area contributed by atoms with Crippen molar-refractivity contribution < 1.29 is 0 Å². The first kappa shape index (κ1) is 19.0. The first-order chi connectivity index (χ1) is 14.8. The molecule has 0 amide bonds. The van der Waals surface area contributed by atoms with Crippen LogP contribution in [0.5, 0.6) is 0 Å². The van der Waals surface area contributed by atoms with Gasteiger partial charge < -0.3 is 9.47 Å². The summed E-state index contributed by atoms with van der Waals surface area (Å²) in [5.74, 6) is 0.229. The molecule has 1 aliphatic rings. The van der Waals surface area contributed by atoms with E-state index < -0.39 is 0 Å². The Morgan fingerprint density at radius 1 is 1.10 bits per heavy atom.